The molecule has 1 amide bonds. The van der Waals surface area contributed by atoms with Gasteiger partial charge in [0.15, 0.2) is 6.29 Å². The number of rotatable bonds is 3. The van der Waals surface area contributed by atoms with Crippen LogP contribution < -0.4 is 0 Å². The first-order chi connectivity index (χ1) is 16.5. The molecular formula is C25H21ClN4O2S2. The minimum Gasteiger partial charge on any atom is -0.314 e. The van der Waals surface area contributed by atoms with E-state index in [1.54, 1.807) is 22.9 Å². The van der Waals surface area contributed by atoms with Crippen LogP contribution in [0.5, 0.6) is 0 Å². The van der Waals surface area contributed by atoms with Crippen molar-refractivity contribution in [3.05, 3.63) is 93.0 Å². The fourth-order valence-corrected chi connectivity index (χ4v) is 6.23. The number of fused-ring (bicyclic) bond motifs is 2. The molecule has 9 heteroatoms. The number of aromatic nitrogens is 2. The van der Waals surface area contributed by atoms with E-state index >= 15 is 0 Å². The third-order valence-corrected chi connectivity index (χ3v) is 8.35. The molecule has 0 spiro atoms. The van der Waals surface area contributed by atoms with Gasteiger partial charge in [-0.3, -0.25) is 19.5 Å². The van der Waals surface area contributed by atoms with Gasteiger partial charge in [-0.05, 0) is 48.3 Å². The molecule has 2 aliphatic heterocycles. The van der Waals surface area contributed by atoms with Crippen molar-refractivity contribution in [3.63, 3.8) is 0 Å². The molecule has 6 rings (SSSR count). The summed E-state index contributed by atoms with van der Waals surface area (Å²) in [5, 5.41) is 5.39. The molecule has 0 bridgehead atoms. The van der Waals surface area contributed by atoms with Crippen LogP contribution >= 0.6 is 34.3 Å². The normalized spacial score (nSPS) is 19.2. The zero-order chi connectivity index (χ0) is 23.7. The van der Waals surface area contributed by atoms with Crippen LogP contribution in [-0.4, -0.2) is 52.1 Å². The maximum Gasteiger partial charge on any atom is 0.257 e. The number of aldehydes is 1. The molecule has 1 atom stereocenters. The third kappa shape index (κ3) is 3.96. The predicted octanol–water partition coefficient (Wildman–Crippen LogP) is 5.22. The molecule has 172 valence electrons. The minimum atomic E-state index is -0.455. The van der Waals surface area contributed by atoms with Gasteiger partial charge >= 0.3 is 0 Å². The molecule has 0 radical (unpaired) electrons. The van der Waals surface area contributed by atoms with E-state index in [-0.39, 0.29) is 5.91 Å². The SMILES string of the molecule is CN1CCN2C(=O)c3cccnc3CC12c1ccc(Cl)cc1.O=Cc1csc(-c2cccs2)n1. The van der Waals surface area contributed by atoms with Crippen molar-refractivity contribution < 1.29 is 9.59 Å². The van der Waals surface area contributed by atoms with Gasteiger partial charge in [0.05, 0.1) is 16.1 Å². The second kappa shape index (κ2) is 9.38. The van der Waals surface area contributed by atoms with E-state index in [9.17, 15) is 9.59 Å². The lowest BCUT2D eigenvalue weighted by atomic mass is 9.86. The van der Waals surface area contributed by atoms with Gasteiger partial charge < -0.3 is 4.90 Å². The van der Waals surface area contributed by atoms with Gasteiger partial charge in [0.25, 0.3) is 5.91 Å². The number of carbonyl (C=O) groups excluding carboxylic acids is 2. The summed E-state index contributed by atoms with van der Waals surface area (Å²) >= 11 is 9.16. The molecule has 0 N–H and O–H groups in total. The number of benzene rings is 1. The fourth-order valence-electron chi connectivity index (χ4n) is 4.53. The number of carbonyl (C=O) groups is 2. The largest absolute Gasteiger partial charge is 0.314 e. The zero-order valence-electron chi connectivity index (χ0n) is 18.3. The van der Waals surface area contributed by atoms with E-state index in [2.05, 4.69) is 21.9 Å². The predicted molar refractivity (Wildman–Crippen MR) is 136 cm³/mol. The molecular weight excluding hydrogens is 488 g/mol. The number of thiophene rings is 1. The zero-order valence-corrected chi connectivity index (χ0v) is 20.7. The molecule has 2 aliphatic rings. The van der Waals surface area contributed by atoms with E-state index in [1.165, 1.54) is 11.3 Å². The lowest BCUT2D eigenvalue weighted by Gasteiger charge is -2.46. The summed E-state index contributed by atoms with van der Waals surface area (Å²) in [5.41, 5.74) is 2.74. The monoisotopic (exact) mass is 508 g/mol. The smallest absolute Gasteiger partial charge is 0.257 e. The standard InChI is InChI=1S/C17H16ClN3O.C8H5NOS2/c1-20-9-10-21-16(22)14-3-2-8-19-15(14)11-17(20,21)12-4-6-13(18)7-5-12;10-4-6-5-12-8(9-6)7-2-1-3-11-7/h2-8H,9-11H2,1H3;1-5H. The summed E-state index contributed by atoms with van der Waals surface area (Å²) in [6, 6.07) is 15.5. The molecule has 1 unspecified atom stereocenters. The molecule has 6 nitrogen and oxygen atoms in total. The average Bonchev–Trinajstić information content (AvgIpc) is 3.61. The summed E-state index contributed by atoms with van der Waals surface area (Å²) in [5.74, 6) is 0.0636. The van der Waals surface area contributed by atoms with Crippen LogP contribution in [0.15, 0.2) is 65.5 Å². The molecule has 34 heavy (non-hydrogen) atoms. The number of likely N-dealkylation sites (N-methyl/N-ethyl adjacent to an activating group) is 1. The number of halogens is 1. The van der Waals surface area contributed by atoms with Crippen molar-refractivity contribution >= 4 is 46.5 Å². The Morgan fingerprint density at radius 2 is 1.91 bits per heavy atom. The Balaban J connectivity index is 0.000000169. The molecule has 5 heterocycles. The molecule has 1 fully saturated rings. The Morgan fingerprint density at radius 3 is 2.62 bits per heavy atom. The minimum absolute atomic E-state index is 0.0636. The van der Waals surface area contributed by atoms with E-state index in [4.69, 9.17) is 11.6 Å². The van der Waals surface area contributed by atoms with Gasteiger partial charge in [-0.15, -0.1) is 22.7 Å². The highest BCUT2D eigenvalue weighted by Crippen LogP contribution is 2.43. The van der Waals surface area contributed by atoms with Crippen molar-refractivity contribution in [3.8, 4) is 9.88 Å². The number of pyridine rings is 1. The van der Waals surface area contributed by atoms with Crippen LogP contribution in [0.1, 0.15) is 32.1 Å². The van der Waals surface area contributed by atoms with Gasteiger partial charge in [0.1, 0.15) is 16.4 Å². The number of hydrogen-bond acceptors (Lipinski definition) is 7. The van der Waals surface area contributed by atoms with Crippen molar-refractivity contribution in [2.24, 2.45) is 0 Å². The van der Waals surface area contributed by atoms with Gasteiger partial charge in [0.2, 0.25) is 0 Å². The summed E-state index contributed by atoms with van der Waals surface area (Å²) in [6.45, 7) is 1.58. The quantitative estimate of drug-likeness (QED) is 0.355. The summed E-state index contributed by atoms with van der Waals surface area (Å²) < 4.78 is 0. The Hall–Kier alpha value is -2.91. The van der Waals surface area contributed by atoms with Crippen molar-refractivity contribution in [1.82, 2.24) is 19.8 Å². The summed E-state index contributed by atoms with van der Waals surface area (Å²) in [7, 11) is 2.07. The highest BCUT2D eigenvalue weighted by Gasteiger charge is 2.52. The highest BCUT2D eigenvalue weighted by molar-refractivity contribution is 7.20. The van der Waals surface area contributed by atoms with Gasteiger partial charge in [-0.1, -0.05) is 29.8 Å². The van der Waals surface area contributed by atoms with Crippen LogP contribution in [0.4, 0.5) is 0 Å². The van der Waals surface area contributed by atoms with Crippen molar-refractivity contribution in [2.45, 2.75) is 12.1 Å². The van der Waals surface area contributed by atoms with Crippen LogP contribution in [0.3, 0.4) is 0 Å². The topological polar surface area (TPSA) is 66.4 Å². The first kappa shape index (κ1) is 22.9. The van der Waals surface area contributed by atoms with Gasteiger partial charge in [-0.2, -0.15) is 0 Å². The second-order valence-corrected chi connectivity index (χ2v) is 10.3. The Labute approximate surface area is 210 Å². The molecule has 0 aliphatic carbocycles. The molecule has 0 saturated carbocycles. The maximum atomic E-state index is 12.9. The number of amides is 1. The number of hydrogen-bond donors (Lipinski definition) is 0. The van der Waals surface area contributed by atoms with E-state index in [1.807, 2.05) is 58.8 Å². The summed E-state index contributed by atoms with van der Waals surface area (Å²) in [4.78, 5) is 37.2. The first-order valence-electron chi connectivity index (χ1n) is 10.7. The van der Waals surface area contributed by atoms with Crippen molar-refractivity contribution in [2.75, 3.05) is 20.1 Å². The van der Waals surface area contributed by atoms with E-state index in [0.717, 1.165) is 46.1 Å². The fraction of sp³-hybridized carbons (Fsp3) is 0.200. The maximum absolute atomic E-state index is 12.9. The van der Waals surface area contributed by atoms with E-state index in [0.29, 0.717) is 17.1 Å². The van der Waals surface area contributed by atoms with Crippen LogP contribution in [0, 0.1) is 0 Å². The summed E-state index contributed by atoms with van der Waals surface area (Å²) in [6.07, 6.45) is 3.23. The highest BCUT2D eigenvalue weighted by atomic mass is 35.5. The van der Waals surface area contributed by atoms with E-state index < -0.39 is 5.66 Å². The van der Waals surface area contributed by atoms with Gasteiger partial charge in [0, 0.05) is 36.1 Å². The number of thiazole rings is 1. The van der Waals surface area contributed by atoms with Crippen LogP contribution in [0.25, 0.3) is 9.88 Å². The molecule has 1 saturated heterocycles. The van der Waals surface area contributed by atoms with Gasteiger partial charge in [-0.25, -0.2) is 4.98 Å². The number of nitrogens with zero attached hydrogens (tertiary/aromatic N) is 4. The van der Waals surface area contributed by atoms with Crippen molar-refractivity contribution in [1.29, 1.82) is 0 Å². The Bertz CT molecular complexity index is 1320. The third-order valence-electron chi connectivity index (χ3n) is 6.20. The molecule has 4 aromatic rings. The molecule has 3 aromatic heterocycles. The second-order valence-electron chi connectivity index (χ2n) is 8.05. The Morgan fingerprint density at radius 1 is 1.09 bits per heavy atom. The molecule has 1 aromatic carbocycles. The van der Waals surface area contributed by atoms with Crippen LogP contribution in [0.2, 0.25) is 5.02 Å². The first-order valence-corrected chi connectivity index (χ1v) is 12.8. The van der Waals surface area contributed by atoms with Crippen LogP contribution in [-0.2, 0) is 12.1 Å². The lowest BCUT2D eigenvalue weighted by Crippen LogP contribution is -2.56. The Kier molecular flexibility index (Phi) is 6.31. The lowest BCUT2D eigenvalue weighted by molar-refractivity contribution is 0.0147. The average molecular weight is 509 g/mol.